The van der Waals surface area contributed by atoms with Crippen molar-refractivity contribution >= 4 is 21.7 Å². The number of hydrogen-bond donors (Lipinski definition) is 2. The smallest absolute Gasteiger partial charge is 0.251 e. The highest BCUT2D eigenvalue weighted by molar-refractivity contribution is 7.89. The van der Waals surface area contributed by atoms with Crippen LogP contribution < -0.4 is 14.9 Å². The Labute approximate surface area is 166 Å². The molecule has 0 unspecified atom stereocenters. The van der Waals surface area contributed by atoms with Crippen molar-refractivity contribution in [2.75, 3.05) is 24.5 Å². The van der Waals surface area contributed by atoms with Gasteiger partial charge in [-0.05, 0) is 49.1 Å². The van der Waals surface area contributed by atoms with Gasteiger partial charge in [-0.25, -0.2) is 18.1 Å². The molecule has 7 nitrogen and oxygen atoms in total. The van der Waals surface area contributed by atoms with Crippen LogP contribution in [0.2, 0.25) is 0 Å². The van der Waals surface area contributed by atoms with Crippen molar-refractivity contribution in [3.05, 3.63) is 53.2 Å². The number of hydrogen-bond acceptors (Lipinski definition) is 5. The Hall–Kier alpha value is -2.45. The van der Waals surface area contributed by atoms with Crippen LogP contribution in [0.25, 0.3) is 0 Å². The molecule has 8 heteroatoms. The zero-order valence-corrected chi connectivity index (χ0v) is 17.1. The van der Waals surface area contributed by atoms with Gasteiger partial charge in [-0.3, -0.25) is 4.79 Å². The predicted molar refractivity (Wildman–Crippen MR) is 109 cm³/mol. The molecule has 1 aliphatic rings. The first-order chi connectivity index (χ1) is 13.4. The lowest BCUT2D eigenvalue weighted by Gasteiger charge is -2.16. The van der Waals surface area contributed by atoms with E-state index in [1.165, 1.54) is 25.0 Å². The Kier molecular flexibility index (Phi) is 6.31. The lowest BCUT2D eigenvalue weighted by atomic mass is 10.1. The molecule has 0 bridgehead atoms. The van der Waals surface area contributed by atoms with E-state index in [4.69, 9.17) is 0 Å². The average Bonchev–Trinajstić information content (AvgIpc) is 3.21. The van der Waals surface area contributed by atoms with Crippen LogP contribution in [-0.4, -0.2) is 38.9 Å². The van der Waals surface area contributed by atoms with Gasteiger partial charge < -0.3 is 10.2 Å². The molecule has 0 radical (unpaired) electrons. The Bertz CT molecular complexity index is 936. The number of carbonyl (C=O) groups excluding carboxylic acids is 1. The SMILES string of the molecule is CCNS(=O)(=O)c1ccc(C)c(C(=O)NCc2ccc(N3CCCC3)nc2)c1. The lowest BCUT2D eigenvalue weighted by Crippen LogP contribution is -2.26. The minimum absolute atomic E-state index is 0.0849. The third-order valence-corrected chi connectivity index (χ3v) is 6.33. The normalized spacial score (nSPS) is 14.3. The molecule has 0 atom stereocenters. The van der Waals surface area contributed by atoms with Crippen molar-refractivity contribution in [2.45, 2.75) is 38.1 Å². The zero-order chi connectivity index (χ0) is 20.1. The van der Waals surface area contributed by atoms with E-state index in [-0.39, 0.29) is 17.3 Å². The first kappa shape index (κ1) is 20.3. The summed E-state index contributed by atoms with van der Waals surface area (Å²) in [5.41, 5.74) is 1.96. The molecule has 2 heterocycles. The van der Waals surface area contributed by atoms with E-state index in [9.17, 15) is 13.2 Å². The van der Waals surface area contributed by atoms with Gasteiger partial charge in [0.2, 0.25) is 10.0 Å². The average molecular weight is 403 g/mol. The summed E-state index contributed by atoms with van der Waals surface area (Å²) in [6.45, 7) is 6.18. The van der Waals surface area contributed by atoms with Crippen molar-refractivity contribution in [2.24, 2.45) is 0 Å². The van der Waals surface area contributed by atoms with Gasteiger partial charge in [0.25, 0.3) is 5.91 Å². The number of rotatable bonds is 7. The second kappa shape index (κ2) is 8.70. The molecule has 28 heavy (non-hydrogen) atoms. The molecule has 1 aromatic carbocycles. The summed E-state index contributed by atoms with van der Waals surface area (Å²) in [5, 5.41) is 2.85. The quantitative estimate of drug-likeness (QED) is 0.741. The highest BCUT2D eigenvalue weighted by Gasteiger charge is 2.17. The summed E-state index contributed by atoms with van der Waals surface area (Å²) < 4.78 is 26.8. The first-order valence-electron chi connectivity index (χ1n) is 9.49. The van der Waals surface area contributed by atoms with Crippen LogP contribution in [-0.2, 0) is 16.6 Å². The molecule has 1 amide bonds. The number of nitrogens with one attached hydrogen (secondary N) is 2. The van der Waals surface area contributed by atoms with E-state index in [0.717, 1.165) is 30.0 Å². The van der Waals surface area contributed by atoms with Crippen molar-refractivity contribution in [3.8, 4) is 0 Å². The van der Waals surface area contributed by atoms with Gasteiger partial charge >= 0.3 is 0 Å². The summed E-state index contributed by atoms with van der Waals surface area (Å²) in [7, 11) is -3.61. The first-order valence-corrected chi connectivity index (χ1v) is 11.0. The number of anilines is 1. The molecule has 1 aromatic heterocycles. The standard InChI is InChI=1S/C20H26N4O3S/c1-3-23-28(26,27)17-8-6-15(2)18(12-17)20(25)22-14-16-7-9-19(21-13-16)24-10-4-5-11-24/h6-9,12-13,23H,3-5,10-11,14H2,1-2H3,(H,22,25). The van der Waals surface area contributed by atoms with Crippen LogP contribution in [0.3, 0.4) is 0 Å². The predicted octanol–water partition coefficient (Wildman–Crippen LogP) is 2.22. The topological polar surface area (TPSA) is 91.4 Å². The monoisotopic (exact) mass is 402 g/mol. The Morgan fingerprint density at radius 3 is 2.57 bits per heavy atom. The number of nitrogens with zero attached hydrogens (tertiary/aromatic N) is 2. The maximum absolute atomic E-state index is 12.6. The Balaban J connectivity index is 1.67. The fraction of sp³-hybridized carbons (Fsp3) is 0.400. The molecule has 1 saturated heterocycles. The van der Waals surface area contributed by atoms with Crippen LogP contribution in [0.1, 0.15) is 41.3 Å². The highest BCUT2D eigenvalue weighted by atomic mass is 32.2. The number of aryl methyl sites for hydroxylation is 1. The summed E-state index contributed by atoms with van der Waals surface area (Å²) in [4.78, 5) is 19.4. The van der Waals surface area contributed by atoms with Crippen molar-refractivity contribution in [1.82, 2.24) is 15.0 Å². The zero-order valence-electron chi connectivity index (χ0n) is 16.2. The minimum Gasteiger partial charge on any atom is -0.357 e. The van der Waals surface area contributed by atoms with Crippen LogP contribution in [0.5, 0.6) is 0 Å². The van der Waals surface area contributed by atoms with Crippen LogP contribution in [0.4, 0.5) is 5.82 Å². The van der Waals surface area contributed by atoms with Gasteiger partial charge in [0.1, 0.15) is 5.82 Å². The second-order valence-corrected chi connectivity index (χ2v) is 8.65. The highest BCUT2D eigenvalue weighted by Crippen LogP contribution is 2.18. The molecule has 1 aliphatic heterocycles. The molecule has 2 aromatic rings. The van der Waals surface area contributed by atoms with Gasteiger partial charge in [-0.2, -0.15) is 0 Å². The fourth-order valence-electron chi connectivity index (χ4n) is 3.22. The Morgan fingerprint density at radius 1 is 1.18 bits per heavy atom. The number of aromatic nitrogens is 1. The van der Waals surface area contributed by atoms with Gasteiger partial charge in [0, 0.05) is 37.9 Å². The van der Waals surface area contributed by atoms with Gasteiger partial charge in [0.05, 0.1) is 4.90 Å². The number of sulfonamides is 1. The van der Waals surface area contributed by atoms with Gasteiger partial charge in [0.15, 0.2) is 0 Å². The molecule has 3 rings (SSSR count). The summed E-state index contributed by atoms with van der Waals surface area (Å²) in [6.07, 6.45) is 4.16. The molecule has 0 aliphatic carbocycles. The van der Waals surface area contributed by atoms with Gasteiger partial charge in [-0.1, -0.05) is 19.1 Å². The second-order valence-electron chi connectivity index (χ2n) is 6.88. The largest absolute Gasteiger partial charge is 0.357 e. The molecule has 150 valence electrons. The van der Waals surface area contributed by atoms with E-state index in [0.29, 0.717) is 12.1 Å². The molecule has 1 fully saturated rings. The fourth-order valence-corrected chi connectivity index (χ4v) is 4.29. The van der Waals surface area contributed by atoms with Crippen LogP contribution >= 0.6 is 0 Å². The molecule has 0 spiro atoms. The third kappa shape index (κ3) is 4.69. The Morgan fingerprint density at radius 2 is 1.93 bits per heavy atom. The maximum atomic E-state index is 12.6. The number of amides is 1. The van der Waals surface area contributed by atoms with Gasteiger partial charge in [-0.15, -0.1) is 0 Å². The minimum atomic E-state index is -3.61. The molecule has 2 N–H and O–H groups in total. The van der Waals surface area contributed by atoms with Crippen LogP contribution in [0, 0.1) is 6.92 Å². The third-order valence-electron chi connectivity index (χ3n) is 4.79. The molecule has 0 saturated carbocycles. The van der Waals surface area contributed by atoms with Crippen molar-refractivity contribution in [3.63, 3.8) is 0 Å². The maximum Gasteiger partial charge on any atom is 0.251 e. The van der Waals surface area contributed by atoms with Crippen molar-refractivity contribution < 1.29 is 13.2 Å². The number of pyridine rings is 1. The van der Waals surface area contributed by atoms with E-state index in [1.54, 1.807) is 26.1 Å². The van der Waals surface area contributed by atoms with Crippen LogP contribution in [0.15, 0.2) is 41.4 Å². The summed E-state index contributed by atoms with van der Waals surface area (Å²) >= 11 is 0. The van der Waals surface area contributed by atoms with E-state index in [2.05, 4.69) is 19.9 Å². The summed E-state index contributed by atoms with van der Waals surface area (Å²) in [6, 6.07) is 8.50. The summed E-state index contributed by atoms with van der Waals surface area (Å²) in [5.74, 6) is 0.652. The van der Waals surface area contributed by atoms with E-state index in [1.807, 2.05) is 12.1 Å². The van der Waals surface area contributed by atoms with E-state index < -0.39 is 10.0 Å². The number of carbonyl (C=O) groups is 1. The molecular weight excluding hydrogens is 376 g/mol. The van der Waals surface area contributed by atoms with E-state index >= 15 is 0 Å². The number of benzene rings is 1. The molecular formula is C20H26N4O3S. The lowest BCUT2D eigenvalue weighted by molar-refractivity contribution is 0.0950. The van der Waals surface area contributed by atoms with Crippen molar-refractivity contribution in [1.29, 1.82) is 0 Å².